The van der Waals surface area contributed by atoms with E-state index >= 15 is 0 Å². The van der Waals surface area contributed by atoms with Gasteiger partial charge in [0.15, 0.2) is 11.5 Å². The summed E-state index contributed by atoms with van der Waals surface area (Å²) in [7, 11) is 0. The molecule has 1 aliphatic rings. The van der Waals surface area contributed by atoms with E-state index in [9.17, 15) is 4.79 Å². The zero-order valence-corrected chi connectivity index (χ0v) is 16.7. The van der Waals surface area contributed by atoms with E-state index in [1.165, 1.54) is 11.8 Å². The van der Waals surface area contributed by atoms with E-state index in [0.29, 0.717) is 36.3 Å². The fourth-order valence-electron chi connectivity index (χ4n) is 3.06. The van der Waals surface area contributed by atoms with Crippen molar-refractivity contribution in [3.63, 3.8) is 0 Å². The van der Waals surface area contributed by atoms with Crippen molar-refractivity contribution in [3.8, 4) is 11.5 Å². The number of aromatic nitrogens is 1. The highest BCUT2D eigenvalue weighted by Crippen LogP contribution is 2.39. The zero-order valence-electron chi connectivity index (χ0n) is 15.1. The number of fused-ring (bicyclic) bond motifs is 2. The molecular weight excluding hydrogens is 396 g/mol. The Morgan fingerprint density at radius 2 is 1.93 bits per heavy atom. The van der Waals surface area contributed by atoms with Crippen molar-refractivity contribution < 1.29 is 14.3 Å². The van der Waals surface area contributed by atoms with E-state index in [1.54, 1.807) is 12.3 Å². The lowest BCUT2D eigenvalue weighted by Crippen LogP contribution is -2.27. The van der Waals surface area contributed by atoms with Gasteiger partial charge in [-0.25, -0.2) is 0 Å². The predicted molar refractivity (Wildman–Crippen MR) is 112 cm³/mol. The van der Waals surface area contributed by atoms with Crippen LogP contribution >= 0.6 is 23.4 Å². The molecule has 3 aromatic rings. The molecule has 2 aromatic carbocycles. The minimum atomic E-state index is -0.0378. The second-order valence-corrected chi connectivity index (χ2v) is 7.73. The van der Waals surface area contributed by atoms with Gasteiger partial charge in [-0.2, -0.15) is 0 Å². The number of hydrogen-bond donors (Lipinski definition) is 1. The van der Waals surface area contributed by atoms with E-state index in [-0.39, 0.29) is 11.7 Å². The molecule has 0 aliphatic carbocycles. The predicted octanol–water partition coefficient (Wildman–Crippen LogP) is 4.11. The number of pyridine rings is 1. The highest BCUT2D eigenvalue weighted by Gasteiger charge is 2.16. The molecule has 4 rings (SSSR count). The van der Waals surface area contributed by atoms with Crippen LogP contribution in [0.5, 0.6) is 11.5 Å². The molecule has 0 spiro atoms. The second-order valence-electron chi connectivity index (χ2n) is 6.31. The molecule has 1 aliphatic heterocycles. The van der Waals surface area contributed by atoms with Crippen LogP contribution in [-0.2, 0) is 11.2 Å². The van der Waals surface area contributed by atoms with E-state index in [1.807, 2.05) is 36.4 Å². The SMILES string of the molecule is O=C(CSc1cc2c(cc1Cl)OCCO2)NCCc1cccc2cccnc12. The van der Waals surface area contributed by atoms with E-state index < -0.39 is 0 Å². The molecule has 28 heavy (non-hydrogen) atoms. The lowest BCUT2D eigenvalue weighted by atomic mass is 10.1. The number of halogens is 1. The highest BCUT2D eigenvalue weighted by atomic mass is 35.5. The molecular formula is C21H19ClN2O3S. The fourth-order valence-corrected chi connectivity index (χ4v) is 4.15. The third-order valence-corrected chi connectivity index (χ3v) is 5.87. The Morgan fingerprint density at radius 3 is 2.79 bits per heavy atom. The molecule has 1 N–H and O–H groups in total. The van der Waals surface area contributed by atoms with E-state index in [0.717, 1.165) is 27.8 Å². The van der Waals surface area contributed by atoms with Crippen molar-refractivity contribution in [2.75, 3.05) is 25.5 Å². The van der Waals surface area contributed by atoms with Crippen LogP contribution in [0.15, 0.2) is 53.6 Å². The standard InChI is InChI=1S/C21H19ClN2O3S/c22-16-11-17-18(27-10-9-26-17)12-19(16)28-13-20(25)23-8-6-15-4-1-3-14-5-2-7-24-21(14)15/h1-5,7,11-12H,6,8-10,13H2,(H,23,25). The Balaban J connectivity index is 1.30. The maximum atomic E-state index is 12.2. The Kier molecular flexibility index (Phi) is 5.88. The van der Waals surface area contributed by atoms with Gasteiger partial charge in [-0.1, -0.05) is 35.9 Å². The van der Waals surface area contributed by atoms with Crippen LogP contribution in [0.4, 0.5) is 0 Å². The number of ether oxygens (including phenoxy) is 2. The Labute approximate surface area is 172 Å². The van der Waals surface area contributed by atoms with Crippen LogP contribution < -0.4 is 14.8 Å². The highest BCUT2D eigenvalue weighted by molar-refractivity contribution is 8.00. The smallest absolute Gasteiger partial charge is 0.230 e. The molecule has 0 saturated heterocycles. The third-order valence-electron chi connectivity index (χ3n) is 4.39. The van der Waals surface area contributed by atoms with Gasteiger partial charge in [-0.15, -0.1) is 11.8 Å². The number of amides is 1. The normalized spacial score (nSPS) is 12.8. The number of carbonyl (C=O) groups excluding carboxylic acids is 1. The lowest BCUT2D eigenvalue weighted by molar-refractivity contribution is -0.118. The molecule has 1 amide bonds. The average Bonchev–Trinajstić information content (AvgIpc) is 2.72. The quantitative estimate of drug-likeness (QED) is 0.615. The minimum absolute atomic E-state index is 0.0378. The monoisotopic (exact) mass is 414 g/mol. The third kappa shape index (κ3) is 4.34. The van der Waals surface area contributed by atoms with Crippen molar-refractivity contribution in [2.45, 2.75) is 11.3 Å². The molecule has 0 unspecified atom stereocenters. The number of hydrogen-bond acceptors (Lipinski definition) is 5. The zero-order chi connectivity index (χ0) is 19.3. The van der Waals surface area contributed by atoms with E-state index in [2.05, 4.69) is 10.3 Å². The van der Waals surface area contributed by atoms with Crippen molar-refractivity contribution in [1.82, 2.24) is 10.3 Å². The lowest BCUT2D eigenvalue weighted by Gasteiger charge is -2.19. The first-order valence-electron chi connectivity index (χ1n) is 9.02. The number of para-hydroxylation sites is 1. The van der Waals surface area contributed by atoms with Gasteiger partial charge in [0, 0.05) is 29.1 Å². The summed E-state index contributed by atoms with van der Waals surface area (Å²) in [4.78, 5) is 17.5. The minimum Gasteiger partial charge on any atom is -0.486 e. The Morgan fingerprint density at radius 1 is 1.14 bits per heavy atom. The van der Waals surface area contributed by atoms with Crippen LogP contribution in [0.3, 0.4) is 0 Å². The molecule has 0 atom stereocenters. The summed E-state index contributed by atoms with van der Waals surface area (Å²) < 4.78 is 11.1. The number of carbonyl (C=O) groups is 1. The molecule has 7 heteroatoms. The number of benzene rings is 2. The Bertz CT molecular complexity index is 1010. The molecule has 2 heterocycles. The number of nitrogens with zero attached hydrogens (tertiary/aromatic N) is 1. The molecule has 0 radical (unpaired) electrons. The summed E-state index contributed by atoms with van der Waals surface area (Å²) in [6.07, 6.45) is 2.52. The number of rotatable bonds is 6. The summed E-state index contributed by atoms with van der Waals surface area (Å²) in [6, 6.07) is 13.6. The van der Waals surface area contributed by atoms with Gasteiger partial charge < -0.3 is 14.8 Å². The molecule has 5 nitrogen and oxygen atoms in total. The van der Waals surface area contributed by atoms with E-state index in [4.69, 9.17) is 21.1 Å². The van der Waals surface area contributed by atoms with Crippen LogP contribution in [0.2, 0.25) is 5.02 Å². The average molecular weight is 415 g/mol. The maximum absolute atomic E-state index is 12.2. The van der Waals surface area contributed by atoms with Gasteiger partial charge in [-0.3, -0.25) is 9.78 Å². The van der Waals surface area contributed by atoms with Gasteiger partial charge in [0.25, 0.3) is 0 Å². The summed E-state index contributed by atoms with van der Waals surface area (Å²) in [5.74, 6) is 1.56. The summed E-state index contributed by atoms with van der Waals surface area (Å²) in [5.41, 5.74) is 2.11. The van der Waals surface area contributed by atoms with Gasteiger partial charge >= 0.3 is 0 Å². The van der Waals surface area contributed by atoms with Crippen molar-refractivity contribution in [3.05, 3.63) is 59.2 Å². The molecule has 0 bridgehead atoms. The van der Waals surface area contributed by atoms with Gasteiger partial charge in [-0.05, 0) is 24.1 Å². The second kappa shape index (κ2) is 8.71. The first-order valence-corrected chi connectivity index (χ1v) is 10.4. The van der Waals surface area contributed by atoms with Crippen LogP contribution in [0.1, 0.15) is 5.56 Å². The molecule has 0 saturated carbocycles. The topological polar surface area (TPSA) is 60.5 Å². The maximum Gasteiger partial charge on any atom is 0.230 e. The number of nitrogens with one attached hydrogen (secondary N) is 1. The summed E-state index contributed by atoms with van der Waals surface area (Å²) in [6.45, 7) is 1.59. The van der Waals surface area contributed by atoms with Crippen molar-refractivity contribution in [1.29, 1.82) is 0 Å². The first-order chi connectivity index (χ1) is 13.7. The first kappa shape index (κ1) is 18.9. The summed E-state index contributed by atoms with van der Waals surface area (Å²) >= 11 is 7.67. The van der Waals surface area contributed by atoms with Gasteiger partial charge in [0.2, 0.25) is 5.91 Å². The summed E-state index contributed by atoms with van der Waals surface area (Å²) in [5, 5.41) is 4.63. The van der Waals surface area contributed by atoms with Crippen molar-refractivity contribution in [2.24, 2.45) is 0 Å². The largest absolute Gasteiger partial charge is 0.486 e. The molecule has 0 fully saturated rings. The van der Waals surface area contributed by atoms with Crippen LogP contribution in [0, 0.1) is 0 Å². The molecule has 144 valence electrons. The van der Waals surface area contributed by atoms with Crippen LogP contribution in [0.25, 0.3) is 10.9 Å². The Hall–Kier alpha value is -2.44. The van der Waals surface area contributed by atoms with Crippen LogP contribution in [-0.4, -0.2) is 36.4 Å². The molecule has 1 aromatic heterocycles. The van der Waals surface area contributed by atoms with Gasteiger partial charge in [0.1, 0.15) is 13.2 Å². The fraction of sp³-hybridized carbons (Fsp3) is 0.238. The van der Waals surface area contributed by atoms with Gasteiger partial charge in [0.05, 0.1) is 16.3 Å². The number of thioether (sulfide) groups is 1. The van der Waals surface area contributed by atoms with Crippen molar-refractivity contribution >= 4 is 40.2 Å².